The molecule has 1 aromatic carbocycles. The van der Waals surface area contributed by atoms with Crippen molar-refractivity contribution in [2.45, 2.75) is 19.4 Å². The van der Waals surface area contributed by atoms with E-state index in [1.165, 1.54) is 17.0 Å². The van der Waals surface area contributed by atoms with Gasteiger partial charge in [0, 0.05) is 12.7 Å². The van der Waals surface area contributed by atoms with Crippen LogP contribution in [-0.4, -0.2) is 63.2 Å². The predicted molar refractivity (Wildman–Crippen MR) is 119 cm³/mol. The summed E-state index contributed by atoms with van der Waals surface area (Å²) in [5, 5.41) is 11.3. The first-order chi connectivity index (χ1) is 15.3. The molecule has 166 valence electrons. The lowest BCUT2D eigenvalue weighted by Gasteiger charge is -2.26. The van der Waals surface area contributed by atoms with Crippen LogP contribution in [0.2, 0.25) is 0 Å². The van der Waals surface area contributed by atoms with E-state index < -0.39 is 23.5 Å². The minimum Gasteiger partial charge on any atom is -0.505 e. The van der Waals surface area contributed by atoms with E-state index >= 15 is 0 Å². The Hall–Kier alpha value is -3.52. The van der Waals surface area contributed by atoms with Gasteiger partial charge in [-0.3, -0.25) is 14.0 Å². The molecule has 0 aliphatic carbocycles. The van der Waals surface area contributed by atoms with Crippen molar-refractivity contribution in [2.75, 3.05) is 27.2 Å². The third-order valence-corrected chi connectivity index (χ3v) is 5.66. The third kappa shape index (κ3) is 3.78. The summed E-state index contributed by atoms with van der Waals surface area (Å²) < 4.78 is 15.3. The highest BCUT2D eigenvalue weighted by molar-refractivity contribution is 6.46. The van der Waals surface area contributed by atoms with Gasteiger partial charge >= 0.3 is 0 Å². The number of aliphatic hydroxyl groups excluding tert-OH is 1. The van der Waals surface area contributed by atoms with Gasteiger partial charge in [-0.1, -0.05) is 18.2 Å². The van der Waals surface area contributed by atoms with Gasteiger partial charge in [-0.05, 0) is 63.8 Å². The van der Waals surface area contributed by atoms with Crippen molar-refractivity contribution in [1.29, 1.82) is 0 Å². The number of ketones is 1. The highest BCUT2D eigenvalue weighted by atomic mass is 19.1. The Balaban J connectivity index is 1.87. The molecule has 0 saturated carbocycles. The van der Waals surface area contributed by atoms with Crippen molar-refractivity contribution in [2.24, 2.45) is 0 Å². The second-order valence-electron chi connectivity index (χ2n) is 8.18. The van der Waals surface area contributed by atoms with E-state index in [-0.39, 0.29) is 11.3 Å². The first kappa shape index (κ1) is 21.7. The Bertz CT molecular complexity index is 1210. The first-order valence-electron chi connectivity index (χ1n) is 10.4. The average molecular weight is 436 g/mol. The van der Waals surface area contributed by atoms with Crippen molar-refractivity contribution >= 4 is 23.1 Å². The summed E-state index contributed by atoms with van der Waals surface area (Å²) in [7, 11) is 3.86. The van der Waals surface area contributed by atoms with Crippen molar-refractivity contribution in [3.63, 3.8) is 0 Å². The number of hydrogen-bond acceptors (Lipinski definition) is 5. The molecule has 7 nitrogen and oxygen atoms in total. The number of Topliss-reactive ketones (excluding diaryl/α,β-unsaturated/α-hetero) is 1. The van der Waals surface area contributed by atoms with Gasteiger partial charge in [0.15, 0.2) is 5.76 Å². The van der Waals surface area contributed by atoms with Crippen molar-refractivity contribution in [3.8, 4) is 0 Å². The Morgan fingerprint density at radius 3 is 2.56 bits per heavy atom. The number of rotatable bonds is 6. The molecule has 3 aromatic rings. The van der Waals surface area contributed by atoms with Crippen LogP contribution >= 0.6 is 0 Å². The number of nitrogens with zero attached hydrogens (tertiary/aromatic N) is 4. The number of pyridine rings is 1. The lowest BCUT2D eigenvalue weighted by Crippen LogP contribution is -2.32. The Kier molecular flexibility index (Phi) is 5.80. The Labute approximate surface area is 185 Å². The molecule has 4 rings (SSSR count). The van der Waals surface area contributed by atoms with Gasteiger partial charge in [-0.25, -0.2) is 9.37 Å². The van der Waals surface area contributed by atoms with Crippen molar-refractivity contribution < 1.29 is 19.1 Å². The fraction of sp³-hybridized carbons (Fsp3) is 0.292. The standard InChI is InChI=1S/C24H25FN4O3/c1-15-20(28-13-5-4-7-18(28)26-15)22(30)19-21(16-8-10-17(25)11-9-16)29(24(32)23(19)31)14-6-12-27(2)3/h4-5,7-11,13,21,30H,6,12,14H2,1-3H3/b22-19+/t21-/m1/s1. The maximum Gasteiger partial charge on any atom is 0.295 e. The fourth-order valence-electron chi connectivity index (χ4n) is 4.19. The van der Waals surface area contributed by atoms with Crippen molar-refractivity contribution in [3.05, 3.63) is 77.0 Å². The summed E-state index contributed by atoms with van der Waals surface area (Å²) in [5.74, 6) is -2.14. The Morgan fingerprint density at radius 2 is 1.88 bits per heavy atom. The van der Waals surface area contributed by atoms with Crippen molar-refractivity contribution in [1.82, 2.24) is 19.2 Å². The average Bonchev–Trinajstić information content (AvgIpc) is 3.22. The molecule has 0 radical (unpaired) electrons. The van der Waals surface area contributed by atoms with Crippen LogP contribution in [0.4, 0.5) is 4.39 Å². The van der Waals surface area contributed by atoms with E-state index in [2.05, 4.69) is 4.98 Å². The number of halogens is 1. The largest absolute Gasteiger partial charge is 0.505 e. The molecule has 0 unspecified atom stereocenters. The second kappa shape index (κ2) is 8.55. The number of benzene rings is 1. The van der Waals surface area contributed by atoms with Crippen LogP contribution in [0.25, 0.3) is 11.4 Å². The third-order valence-electron chi connectivity index (χ3n) is 5.66. The zero-order valence-electron chi connectivity index (χ0n) is 18.2. The lowest BCUT2D eigenvalue weighted by molar-refractivity contribution is -0.139. The number of hydrogen-bond donors (Lipinski definition) is 1. The molecule has 0 bridgehead atoms. The van der Waals surface area contributed by atoms with Gasteiger partial charge in [0.05, 0.1) is 17.3 Å². The van der Waals surface area contributed by atoms with E-state index in [4.69, 9.17) is 0 Å². The summed E-state index contributed by atoms with van der Waals surface area (Å²) in [6, 6.07) is 10.3. The maximum absolute atomic E-state index is 13.6. The summed E-state index contributed by atoms with van der Waals surface area (Å²) >= 11 is 0. The molecule has 1 amide bonds. The molecule has 1 atom stereocenters. The fourth-order valence-corrected chi connectivity index (χ4v) is 4.19. The number of imidazole rings is 1. The van der Waals surface area contributed by atoms with Crippen LogP contribution in [0, 0.1) is 12.7 Å². The van der Waals surface area contributed by atoms with Crippen LogP contribution in [0.3, 0.4) is 0 Å². The number of likely N-dealkylation sites (tertiary alicyclic amines) is 1. The topological polar surface area (TPSA) is 78.1 Å². The number of carbonyl (C=O) groups is 2. The van der Waals surface area contributed by atoms with E-state index in [9.17, 15) is 19.1 Å². The van der Waals surface area contributed by atoms with Gasteiger partial charge in [-0.15, -0.1) is 0 Å². The molecule has 2 aromatic heterocycles. The first-order valence-corrected chi connectivity index (χ1v) is 10.4. The minimum atomic E-state index is -0.813. The minimum absolute atomic E-state index is 0.0137. The van der Waals surface area contributed by atoms with Crippen LogP contribution in [-0.2, 0) is 9.59 Å². The summed E-state index contributed by atoms with van der Waals surface area (Å²) in [6.07, 6.45) is 2.39. The van der Waals surface area contributed by atoms with E-state index in [1.54, 1.807) is 41.8 Å². The number of amides is 1. The lowest BCUT2D eigenvalue weighted by atomic mass is 9.96. The quantitative estimate of drug-likeness (QED) is 0.365. The molecule has 8 heteroatoms. The zero-order valence-corrected chi connectivity index (χ0v) is 18.2. The van der Waals surface area contributed by atoms with Crippen LogP contribution < -0.4 is 0 Å². The molecule has 1 fully saturated rings. The number of carbonyl (C=O) groups excluding carboxylic acids is 2. The molecular formula is C24H25FN4O3. The highest BCUT2D eigenvalue weighted by Crippen LogP contribution is 2.40. The second-order valence-corrected chi connectivity index (χ2v) is 8.18. The van der Waals surface area contributed by atoms with Crippen LogP contribution in [0.5, 0.6) is 0 Å². The van der Waals surface area contributed by atoms with Crippen LogP contribution in [0.15, 0.2) is 54.2 Å². The number of aromatic nitrogens is 2. The Morgan fingerprint density at radius 1 is 1.16 bits per heavy atom. The van der Waals surface area contributed by atoms with E-state index in [0.717, 1.165) is 6.54 Å². The predicted octanol–water partition coefficient (Wildman–Crippen LogP) is 3.16. The van der Waals surface area contributed by atoms with Gasteiger partial charge in [0.25, 0.3) is 11.7 Å². The molecular weight excluding hydrogens is 411 g/mol. The van der Waals surface area contributed by atoms with Gasteiger partial charge in [0.1, 0.15) is 17.2 Å². The van der Waals surface area contributed by atoms with Gasteiger partial charge in [0.2, 0.25) is 0 Å². The number of aryl methyl sites for hydroxylation is 1. The molecule has 1 saturated heterocycles. The normalized spacial score (nSPS) is 18.3. The molecule has 0 spiro atoms. The molecule has 3 heterocycles. The SMILES string of the molecule is Cc1nc2ccccn2c1/C(O)=C1\C(=O)C(=O)N(CCCN(C)C)[C@@H]1c1ccc(F)cc1. The molecule has 1 aliphatic rings. The maximum atomic E-state index is 13.6. The molecule has 1 aliphatic heterocycles. The monoisotopic (exact) mass is 436 g/mol. The summed E-state index contributed by atoms with van der Waals surface area (Å²) in [6.45, 7) is 2.79. The summed E-state index contributed by atoms with van der Waals surface area (Å²) in [5.41, 5.74) is 2.05. The zero-order chi connectivity index (χ0) is 23.0. The molecule has 1 N–H and O–H groups in total. The van der Waals surface area contributed by atoms with Gasteiger partial charge in [-0.2, -0.15) is 0 Å². The highest BCUT2D eigenvalue weighted by Gasteiger charge is 2.46. The van der Waals surface area contributed by atoms with Crippen LogP contribution in [0.1, 0.15) is 29.4 Å². The van der Waals surface area contributed by atoms with E-state index in [0.29, 0.717) is 35.6 Å². The summed E-state index contributed by atoms with van der Waals surface area (Å²) in [4.78, 5) is 34.0. The number of fused-ring (bicyclic) bond motifs is 1. The molecule has 32 heavy (non-hydrogen) atoms. The van der Waals surface area contributed by atoms with E-state index in [1.807, 2.05) is 25.1 Å². The smallest absolute Gasteiger partial charge is 0.295 e. The van der Waals surface area contributed by atoms with Gasteiger partial charge < -0.3 is 14.9 Å². The number of aliphatic hydroxyl groups is 1.